The van der Waals surface area contributed by atoms with E-state index in [-0.39, 0.29) is 10.1 Å². The molecule has 0 bridgehead atoms. The first-order chi connectivity index (χ1) is 6.05. The predicted octanol–water partition coefficient (Wildman–Crippen LogP) is 2.49. The van der Waals surface area contributed by atoms with Crippen molar-refractivity contribution in [2.45, 2.75) is 37.8 Å². The maximum absolute atomic E-state index is 11.3. The van der Waals surface area contributed by atoms with E-state index in [1.54, 1.807) is 13.8 Å². The third-order valence-corrected chi connectivity index (χ3v) is 3.57. The standard InChI is InChI=1S/C7H10O3S.C2H6/c1-6(2)11(8,9)7-3-4-10-5-7;1-2/h3-6H,1-2H3;1-2H3. The molecule has 0 amide bonds. The van der Waals surface area contributed by atoms with E-state index in [9.17, 15) is 8.42 Å². The lowest BCUT2D eigenvalue weighted by Gasteiger charge is -2.02. The maximum Gasteiger partial charge on any atom is 0.183 e. The third-order valence-electron chi connectivity index (χ3n) is 1.44. The Kier molecular flexibility index (Phi) is 4.77. The van der Waals surface area contributed by atoms with Crippen molar-refractivity contribution in [3.8, 4) is 0 Å². The van der Waals surface area contributed by atoms with Gasteiger partial charge in [-0.2, -0.15) is 0 Å². The number of rotatable bonds is 2. The van der Waals surface area contributed by atoms with Crippen LogP contribution in [0.2, 0.25) is 0 Å². The van der Waals surface area contributed by atoms with Crippen LogP contribution >= 0.6 is 0 Å². The summed E-state index contributed by atoms with van der Waals surface area (Å²) in [5.41, 5.74) is 0. The molecule has 0 aliphatic carbocycles. The monoisotopic (exact) mass is 204 g/mol. The van der Waals surface area contributed by atoms with Crippen LogP contribution in [-0.4, -0.2) is 13.7 Å². The van der Waals surface area contributed by atoms with E-state index in [4.69, 9.17) is 0 Å². The second-order valence-electron chi connectivity index (χ2n) is 2.55. The summed E-state index contributed by atoms with van der Waals surface area (Å²) in [6.07, 6.45) is 2.60. The molecule has 0 N–H and O–H groups in total. The molecule has 1 rings (SSSR count). The predicted molar refractivity (Wildman–Crippen MR) is 52.4 cm³/mol. The van der Waals surface area contributed by atoms with Crippen LogP contribution in [0.4, 0.5) is 0 Å². The molecule has 0 spiro atoms. The van der Waals surface area contributed by atoms with Gasteiger partial charge in [-0.25, -0.2) is 8.42 Å². The van der Waals surface area contributed by atoms with Gasteiger partial charge in [-0.3, -0.25) is 0 Å². The van der Waals surface area contributed by atoms with E-state index in [2.05, 4.69) is 4.42 Å². The molecule has 0 saturated carbocycles. The van der Waals surface area contributed by atoms with Gasteiger partial charge in [-0.05, 0) is 19.9 Å². The highest BCUT2D eigenvalue weighted by molar-refractivity contribution is 7.92. The molecular weight excluding hydrogens is 188 g/mol. The van der Waals surface area contributed by atoms with Crippen molar-refractivity contribution < 1.29 is 12.8 Å². The lowest BCUT2D eigenvalue weighted by atomic mass is 10.6. The van der Waals surface area contributed by atoms with E-state index in [0.29, 0.717) is 0 Å². The molecule has 4 heteroatoms. The van der Waals surface area contributed by atoms with Crippen molar-refractivity contribution in [3.05, 3.63) is 18.6 Å². The summed E-state index contributed by atoms with van der Waals surface area (Å²) in [6.45, 7) is 7.28. The Morgan fingerprint density at radius 1 is 1.31 bits per heavy atom. The first-order valence-electron chi connectivity index (χ1n) is 4.31. The highest BCUT2D eigenvalue weighted by Crippen LogP contribution is 2.15. The van der Waals surface area contributed by atoms with Crippen molar-refractivity contribution in [3.63, 3.8) is 0 Å². The van der Waals surface area contributed by atoms with Crippen LogP contribution in [0.25, 0.3) is 0 Å². The smallest absolute Gasteiger partial charge is 0.183 e. The van der Waals surface area contributed by atoms with E-state index in [0.717, 1.165) is 0 Å². The molecule has 0 unspecified atom stereocenters. The number of hydrogen-bond acceptors (Lipinski definition) is 3. The zero-order valence-corrected chi connectivity index (χ0v) is 9.26. The average Bonchev–Trinajstić information content (AvgIpc) is 2.60. The quantitative estimate of drug-likeness (QED) is 0.743. The van der Waals surface area contributed by atoms with Crippen LogP contribution in [0.15, 0.2) is 27.9 Å². The number of furan rings is 1. The second-order valence-corrected chi connectivity index (χ2v) is 5.06. The summed E-state index contributed by atoms with van der Waals surface area (Å²) in [7, 11) is -3.13. The molecule has 0 atom stereocenters. The molecule has 1 aromatic rings. The Bertz CT molecular complexity index is 309. The minimum Gasteiger partial charge on any atom is -0.471 e. The molecule has 0 aliphatic heterocycles. The Hall–Kier alpha value is -0.770. The summed E-state index contributed by atoms with van der Waals surface area (Å²) in [6, 6.07) is 1.45. The Labute approximate surface area is 79.7 Å². The fourth-order valence-corrected chi connectivity index (χ4v) is 1.67. The molecule has 1 aromatic heterocycles. The van der Waals surface area contributed by atoms with Crippen LogP contribution in [0, 0.1) is 0 Å². The van der Waals surface area contributed by atoms with Crippen molar-refractivity contribution in [1.82, 2.24) is 0 Å². The summed E-state index contributed by atoms with van der Waals surface area (Å²) in [5.74, 6) is 0. The van der Waals surface area contributed by atoms with Gasteiger partial charge in [-0.1, -0.05) is 13.8 Å². The Morgan fingerprint density at radius 2 is 1.85 bits per heavy atom. The highest BCUT2D eigenvalue weighted by Gasteiger charge is 2.19. The van der Waals surface area contributed by atoms with Gasteiger partial charge in [0.15, 0.2) is 9.84 Å². The van der Waals surface area contributed by atoms with Crippen LogP contribution < -0.4 is 0 Å². The van der Waals surface area contributed by atoms with E-state index < -0.39 is 9.84 Å². The summed E-state index contributed by atoms with van der Waals surface area (Å²) in [5, 5.41) is -0.389. The molecule has 76 valence electrons. The Morgan fingerprint density at radius 3 is 2.15 bits per heavy atom. The van der Waals surface area contributed by atoms with Gasteiger partial charge in [0.25, 0.3) is 0 Å². The first kappa shape index (κ1) is 12.2. The lowest BCUT2D eigenvalue weighted by Crippen LogP contribution is -2.12. The van der Waals surface area contributed by atoms with Gasteiger partial charge in [0.1, 0.15) is 11.2 Å². The SMILES string of the molecule is CC.CC(C)S(=O)(=O)c1ccoc1. The molecule has 0 aromatic carbocycles. The topological polar surface area (TPSA) is 47.3 Å². The van der Waals surface area contributed by atoms with Gasteiger partial charge in [0, 0.05) is 0 Å². The van der Waals surface area contributed by atoms with E-state index in [1.807, 2.05) is 13.8 Å². The van der Waals surface area contributed by atoms with Gasteiger partial charge in [0.2, 0.25) is 0 Å². The van der Waals surface area contributed by atoms with Gasteiger partial charge >= 0.3 is 0 Å². The fraction of sp³-hybridized carbons (Fsp3) is 0.556. The van der Waals surface area contributed by atoms with Crippen LogP contribution in [0.3, 0.4) is 0 Å². The van der Waals surface area contributed by atoms with Gasteiger partial charge in [-0.15, -0.1) is 0 Å². The van der Waals surface area contributed by atoms with E-state index >= 15 is 0 Å². The lowest BCUT2D eigenvalue weighted by molar-refractivity contribution is 0.554. The molecule has 0 radical (unpaired) electrons. The molecule has 0 aliphatic rings. The first-order valence-corrected chi connectivity index (χ1v) is 5.86. The summed E-state index contributed by atoms with van der Waals surface area (Å²) in [4.78, 5) is 0.257. The zero-order chi connectivity index (χ0) is 10.5. The van der Waals surface area contributed by atoms with E-state index in [1.165, 1.54) is 18.6 Å². The third kappa shape index (κ3) is 2.88. The van der Waals surface area contributed by atoms with Crippen molar-refractivity contribution in [1.29, 1.82) is 0 Å². The van der Waals surface area contributed by atoms with Crippen LogP contribution in [0.1, 0.15) is 27.7 Å². The van der Waals surface area contributed by atoms with Crippen LogP contribution in [-0.2, 0) is 9.84 Å². The minimum atomic E-state index is -3.13. The molecule has 0 saturated heterocycles. The number of hydrogen-bond donors (Lipinski definition) is 0. The van der Waals surface area contributed by atoms with Crippen molar-refractivity contribution in [2.75, 3.05) is 0 Å². The molecule has 13 heavy (non-hydrogen) atoms. The highest BCUT2D eigenvalue weighted by atomic mass is 32.2. The van der Waals surface area contributed by atoms with Gasteiger partial charge in [0.05, 0.1) is 11.5 Å². The second kappa shape index (κ2) is 5.07. The summed E-state index contributed by atoms with van der Waals surface area (Å²) >= 11 is 0. The normalized spacial score (nSPS) is 10.8. The largest absolute Gasteiger partial charge is 0.471 e. The van der Waals surface area contributed by atoms with Crippen molar-refractivity contribution >= 4 is 9.84 Å². The molecule has 0 fully saturated rings. The molecule has 1 heterocycles. The minimum absolute atomic E-state index is 0.257. The maximum atomic E-state index is 11.3. The molecular formula is C9H16O3S. The molecule has 3 nitrogen and oxygen atoms in total. The average molecular weight is 204 g/mol. The summed E-state index contributed by atoms with van der Waals surface area (Å²) < 4.78 is 27.3. The fourth-order valence-electron chi connectivity index (χ4n) is 0.686. The Balaban J connectivity index is 0.000000671. The number of sulfone groups is 1. The zero-order valence-electron chi connectivity index (χ0n) is 8.44. The van der Waals surface area contributed by atoms with Gasteiger partial charge < -0.3 is 4.42 Å². The van der Waals surface area contributed by atoms with Crippen LogP contribution in [0.5, 0.6) is 0 Å². The van der Waals surface area contributed by atoms with Crippen molar-refractivity contribution in [2.24, 2.45) is 0 Å².